The van der Waals surface area contributed by atoms with Crippen molar-refractivity contribution < 1.29 is 0 Å². The fourth-order valence-electron chi connectivity index (χ4n) is 1.75. The lowest BCUT2D eigenvalue weighted by atomic mass is 9.99. The van der Waals surface area contributed by atoms with Gasteiger partial charge in [0.15, 0.2) is 0 Å². The molecule has 1 aliphatic heterocycles. The topological polar surface area (TPSA) is 12.0 Å². The molecule has 0 spiro atoms. The summed E-state index contributed by atoms with van der Waals surface area (Å²) in [6.45, 7) is 3.29. The second-order valence-electron chi connectivity index (χ2n) is 3.28. The van der Waals surface area contributed by atoms with Crippen molar-refractivity contribution in [2.75, 3.05) is 11.9 Å². The molecule has 1 aliphatic rings. The summed E-state index contributed by atoms with van der Waals surface area (Å²) < 4.78 is 1.17. The highest BCUT2D eigenvalue weighted by Crippen LogP contribution is 2.28. The molecule has 1 heterocycles. The van der Waals surface area contributed by atoms with E-state index in [1.807, 2.05) is 0 Å². The van der Waals surface area contributed by atoms with Crippen LogP contribution in [0.25, 0.3) is 0 Å². The van der Waals surface area contributed by atoms with Crippen LogP contribution in [0.2, 0.25) is 0 Å². The van der Waals surface area contributed by atoms with E-state index in [1.165, 1.54) is 34.1 Å². The Morgan fingerprint density at radius 1 is 1.42 bits per heavy atom. The van der Waals surface area contributed by atoms with Gasteiger partial charge in [-0.3, -0.25) is 0 Å². The first-order valence-electron chi connectivity index (χ1n) is 4.30. The lowest BCUT2D eigenvalue weighted by molar-refractivity contribution is 0.823. The third-order valence-electron chi connectivity index (χ3n) is 2.36. The van der Waals surface area contributed by atoms with Gasteiger partial charge in [0.1, 0.15) is 0 Å². The van der Waals surface area contributed by atoms with Crippen LogP contribution in [-0.2, 0) is 6.42 Å². The van der Waals surface area contributed by atoms with Crippen molar-refractivity contribution in [3.05, 3.63) is 27.7 Å². The number of nitrogens with one attached hydrogen (secondary N) is 1. The predicted molar refractivity (Wildman–Crippen MR) is 55.7 cm³/mol. The molecule has 1 nitrogen and oxygen atoms in total. The molecule has 1 aromatic carbocycles. The van der Waals surface area contributed by atoms with E-state index >= 15 is 0 Å². The van der Waals surface area contributed by atoms with Crippen molar-refractivity contribution in [1.29, 1.82) is 0 Å². The van der Waals surface area contributed by atoms with Crippen molar-refractivity contribution in [2.24, 2.45) is 0 Å². The molecular formula is C10H12BrN. The summed E-state index contributed by atoms with van der Waals surface area (Å²) in [5.41, 5.74) is 4.20. The molecule has 0 atom stereocenters. The number of benzene rings is 1. The quantitative estimate of drug-likeness (QED) is 0.716. The average molecular weight is 226 g/mol. The van der Waals surface area contributed by atoms with Gasteiger partial charge in [0, 0.05) is 16.7 Å². The number of rotatable bonds is 0. The van der Waals surface area contributed by atoms with Crippen molar-refractivity contribution in [3.8, 4) is 0 Å². The Bertz CT molecular complexity index is 307. The van der Waals surface area contributed by atoms with Gasteiger partial charge in [-0.1, -0.05) is 15.9 Å². The Kier molecular flexibility index (Phi) is 2.09. The molecule has 0 bridgehead atoms. The van der Waals surface area contributed by atoms with Gasteiger partial charge >= 0.3 is 0 Å². The predicted octanol–water partition coefficient (Wildman–Crippen LogP) is 3.12. The van der Waals surface area contributed by atoms with Crippen LogP contribution in [0.1, 0.15) is 17.5 Å². The third-order valence-corrected chi connectivity index (χ3v) is 2.81. The van der Waals surface area contributed by atoms with Crippen molar-refractivity contribution in [1.82, 2.24) is 0 Å². The van der Waals surface area contributed by atoms with Gasteiger partial charge in [0.25, 0.3) is 0 Å². The third kappa shape index (κ3) is 1.36. The first-order valence-corrected chi connectivity index (χ1v) is 5.09. The maximum absolute atomic E-state index is 3.50. The summed E-state index contributed by atoms with van der Waals surface area (Å²) in [5, 5.41) is 3.41. The molecule has 0 saturated heterocycles. The highest BCUT2D eigenvalue weighted by Gasteiger charge is 2.10. The van der Waals surface area contributed by atoms with E-state index in [-0.39, 0.29) is 0 Å². The van der Waals surface area contributed by atoms with E-state index in [1.54, 1.807) is 0 Å². The van der Waals surface area contributed by atoms with Gasteiger partial charge in [-0.25, -0.2) is 0 Å². The van der Waals surface area contributed by atoms with Crippen LogP contribution in [0.3, 0.4) is 0 Å². The van der Waals surface area contributed by atoms with Crippen molar-refractivity contribution in [2.45, 2.75) is 19.8 Å². The Morgan fingerprint density at radius 3 is 3.08 bits per heavy atom. The normalized spacial score (nSPS) is 15.2. The highest BCUT2D eigenvalue weighted by molar-refractivity contribution is 9.10. The summed E-state index contributed by atoms with van der Waals surface area (Å²) in [5.74, 6) is 0. The van der Waals surface area contributed by atoms with Gasteiger partial charge in [0.05, 0.1) is 0 Å². The maximum Gasteiger partial charge on any atom is 0.0386 e. The van der Waals surface area contributed by atoms with E-state index in [0.29, 0.717) is 0 Å². The van der Waals surface area contributed by atoms with Crippen LogP contribution in [0, 0.1) is 6.92 Å². The first kappa shape index (κ1) is 8.11. The summed E-state index contributed by atoms with van der Waals surface area (Å²) in [4.78, 5) is 0. The van der Waals surface area contributed by atoms with Crippen molar-refractivity contribution in [3.63, 3.8) is 0 Å². The van der Waals surface area contributed by atoms with E-state index in [0.717, 1.165) is 6.54 Å². The maximum atomic E-state index is 3.50. The van der Waals surface area contributed by atoms with Crippen LogP contribution in [-0.4, -0.2) is 6.54 Å². The summed E-state index contributed by atoms with van der Waals surface area (Å²) in [6.07, 6.45) is 2.48. The molecule has 0 aliphatic carbocycles. The highest BCUT2D eigenvalue weighted by atomic mass is 79.9. The summed E-state index contributed by atoms with van der Waals surface area (Å²) in [7, 11) is 0. The van der Waals surface area contributed by atoms with Crippen LogP contribution < -0.4 is 5.32 Å². The Morgan fingerprint density at radius 2 is 2.25 bits per heavy atom. The number of halogens is 1. The smallest absolute Gasteiger partial charge is 0.0386 e. The lowest BCUT2D eigenvalue weighted by Gasteiger charge is -2.20. The minimum absolute atomic E-state index is 1.11. The van der Waals surface area contributed by atoms with E-state index in [2.05, 4.69) is 40.3 Å². The van der Waals surface area contributed by atoms with E-state index in [4.69, 9.17) is 0 Å². The molecule has 0 aromatic heterocycles. The van der Waals surface area contributed by atoms with Gasteiger partial charge in [0.2, 0.25) is 0 Å². The van der Waals surface area contributed by atoms with Gasteiger partial charge in [-0.05, 0) is 43.0 Å². The Labute approximate surface area is 81.3 Å². The Balaban J connectivity index is 2.53. The van der Waals surface area contributed by atoms with Crippen LogP contribution in [0.15, 0.2) is 16.6 Å². The number of hydrogen-bond donors (Lipinski definition) is 1. The van der Waals surface area contributed by atoms with Gasteiger partial charge in [-0.15, -0.1) is 0 Å². The molecular weight excluding hydrogens is 214 g/mol. The fourth-order valence-corrected chi connectivity index (χ4v) is 2.32. The molecule has 64 valence electrons. The molecule has 2 rings (SSSR count). The molecule has 0 amide bonds. The summed E-state index contributed by atoms with van der Waals surface area (Å²) in [6, 6.07) is 4.35. The fraction of sp³-hybridized carbons (Fsp3) is 0.400. The number of aryl methyl sites for hydroxylation is 1. The van der Waals surface area contributed by atoms with Crippen LogP contribution in [0.4, 0.5) is 5.69 Å². The second kappa shape index (κ2) is 3.09. The Hall–Kier alpha value is -0.500. The van der Waals surface area contributed by atoms with E-state index in [9.17, 15) is 0 Å². The number of anilines is 1. The second-order valence-corrected chi connectivity index (χ2v) is 4.19. The zero-order chi connectivity index (χ0) is 8.55. The molecule has 0 unspecified atom stereocenters. The average Bonchev–Trinajstić information content (AvgIpc) is 2.04. The minimum atomic E-state index is 1.11. The molecule has 1 aromatic rings. The SMILES string of the molecule is Cc1cc(Br)cc2c1CCCN2. The van der Waals surface area contributed by atoms with Gasteiger partial charge < -0.3 is 5.32 Å². The molecule has 0 fully saturated rings. The molecule has 12 heavy (non-hydrogen) atoms. The molecule has 0 radical (unpaired) electrons. The van der Waals surface area contributed by atoms with Crippen molar-refractivity contribution >= 4 is 21.6 Å². The molecule has 2 heteroatoms. The van der Waals surface area contributed by atoms with Crippen LogP contribution >= 0.6 is 15.9 Å². The lowest BCUT2D eigenvalue weighted by Crippen LogP contribution is -2.12. The minimum Gasteiger partial charge on any atom is -0.385 e. The zero-order valence-electron chi connectivity index (χ0n) is 7.15. The monoisotopic (exact) mass is 225 g/mol. The largest absolute Gasteiger partial charge is 0.385 e. The van der Waals surface area contributed by atoms with E-state index < -0.39 is 0 Å². The van der Waals surface area contributed by atoms with Crippen LogP contribution in [0.5, 0.6) is 0 Å². The first-order chi connectivity index (χ1) is 5.77. The number of hydrogen-bond acceptors (Lipinski definition) is 1. The molecule has 1 N–H and O–H groups in total. The standard InChI is InChI=1S/C10H12BrN/c1-7-5-8(11)6-10-9(7)3-2-4-12-10/h5-6,12H,2-4H2,1H3. The molecule has 0 saturated carbocycles. The zero-order valence-corrected chi connectivity index (χ0v) is 8.74. The number of fused-ring (bicyclic) bond motifs is 1. The van der Waals surface area contributed by atoms with Gasteiger partial charge in [-0.2, -0.15) is 0 Å². The summed E-state index contributed by atoms with van der Waals surface area (Å²) >= 11 is 3.50.